The van der Waals surface area contributed by atoms with Gasteiger partial charge in [-0.25, -0.2) is 4.68 Å². The Bertz CT molecular complexity index is 1010. The molecular weight excluding hydrogens is 387 g/mol. The van der Waals surface area contributed by atoms with Gasteiger partial charge in [-0.15, -0.1) is 0 Å². The Morgan fingerprint density at radius 1 is 1.44 bits per heavy atom. The van der Waals surface area contributed by atoms with E-state index >= 15 is 0 Å². The highest BCUT2D eigenvalue weighted by atomic mass is 35.5. The van der Waals surface area contributed by atoms with Crippen LogP contribution >= 0.6 is 23.2 Å². The Kier molecular flexibility index (Phi) is 5.00. The second-order valence-corrected chi connectivity index (χ2v) is 7.33. The summed E-state index contributed by atoms with van der Waals surface area (Å²) in [5.41, 5.74) is 2.45. The molecule has 1 aliphatic heterocycles. The first-order valence-corrected chi connectivity index (χ1v) is 9.55. The Balaban J connectivity index is 1.79. The van der Waals surface area contributed by atoms with Crippen molar-refractivity contribution >= 4 is 34.1 Å². The average Bonchev–Trinajstić information content (AvgIpc) is 3.33. The summed E-state index contributed by atoms with van der Waals surface area (Å²) in [5, 5.41) is 15.1. The maximum Gasteiger partial charge on any atom is 0.181 e. The number of halogens is 2. The van der Waals surface area contributed by atoms with Crippen LogP contribution in [0.15, 0.2) is 24.7 Å². The Morgan fingerprint density at radius 3 is 3.04 bits per heavy atom. The number of fused-ring (bicyclic) bond motifs is 1. The standard InChI is InChI=1S/C19H18Cl2N4O2/c1-11(7-22)27-15-6-14(20)18(21)19-17(15)13(9-23-19)12-8-24-25(10-12)16-4-2-3-5-26-16/h6,8-11,16,23H,2-5H2,1H3. The number of nitrogens with one attached hydrogen (secondary N) is 1. The van der Waals surface area contributed by atoms with Gasteiger partial charge < -0.3 is 14.5 Å². The molecule has 1 aliphatic rings. The van der Waals surface area contributed by atoms with Gasteiger partial charge in [-0.2, -0.15) is 10.4 Å². The van der Waals surface area contributed by atoms with Gasteiger partial charge >= 0.3 is 0 Å². The minimum Gasteiger partial charge on any atom is -0.475 e. The number of hydrogen-bond donors (Lipinski definition) is 1. The summed E-state index contributed by atoms with van der Waals surface area (Å²) in [6.45, 7) is 2.43. The zero-order valence-corrected chi connectivity index (χ0v) is 16.2. The largest absolute Gasteiger partial charge is 0.475 e. The van der Waals surface area contributed by atoms with Crippen molar-refractivity contribution in [2.75, 3.05) is 6.61 Å². The first-order chi connectivity index (χ1) is 13.1. The summed E-state index contributed by atoms with van der Waals surface area (Å²) in [7, 11) is 0. The molecular formula is C19H18Cl2N4O2. The van der Waals surface area contributed by atoms with Gasteiger partial charge in [-0.1, -0.05) is 23.2 Å². The Morgan fingerprint density at radius 2 is 2.30 bits per heavy atom. The van der Waals surface area contributed by atoms with Gasteiger partial charge in [-0.05, 0) is 26.2 Å². The lowest BCUT2D eigenvalue weighted by Gasteiger charge is -2.22. The normalized spacial score (nSPS) is 18.4. The molecule has 0 aliphatic carbocycles. The average molecular weight is 405 g/mol. The molecule has 27 heavy (non-hydrogen) atoms. The third kappa shape index (κ3) is 3.39. The highest BCUT2D eigenvalue weighted by Crippen LogP contribution is 2.42. The summed E-state index contributed by atoms with van der Waals surface area (Å²) in [6.07, 6.45) is 8.11. The highest BCUT2D eigenvalue weighted by Gasteiger charge is 2.21. The Hall–Kier alpha value is -2.20. The van der Waals surface area contributed by atoms with E-state index in [1.54, 1.807) is 19.2 Å². The van der Waals surface area contributed by atoms with E-state index < -0.39 is 6.10 Å². The number of nitrogens with zero attached hydrogens (tertiary/aromatic N) is 3. The molecule has 2 unspecified atom stereocenters. The summed E-state index contributed by atoms with van der Waals surface area (Å²) in [4.78, 5) is 3.17. The van der Waals surface area contributed by atoms with E-state index in [0.717, 1.165) is 42.4 Å². The fraction of sp³-hybridized carbons (Fsp3) is 0.368. The van der Waals surface area contributed by atoms with E-state index in [-0.39, 0.29) is 6.23 Å². The lowest BCUT2D eigenvalue weighted by Crippen LogP contribution is -2.18. The van der Waals surface area contributed by atoms with Gasteiger partial charge in [0.1, 0.15) is 18.0 Å². The van der Waals surface area contributed by atoms with E-state index in [1.807, 2.05) is 17.1 Å². The van der Waals surface area contributed by atoms with Crippen LogP contribution in [-0.2, 0) is 4.74 Å². The topological polar surface area (TPSA) is 75.9 Å². The van der Waals surface area contributed by atoms with Crippen molar-refractivity contribution in [1.82, 2.24) is 14.8 Å². The van der Waals surface area contributed by atoms with Crippen molar-refractivity contribution in [1.29, 1.82) is 5.26 Å². The van der Waals surface area contributed by atoms with Crippen molar-refractivity contribution < 1.29 is 9.47 Å². The quantitative estimate of drug-likeness (QED) is 0.637. The fourth-order valence-electron chi connectivity index (χ4n) is 3.33. The predicted octanol–water partition coefficient (Wildman–Crippen LogP) is 5.33. The predicted molar refractivity (Wildman–Crippen MR) is 104 cm³/mol. The molecule has 1 aromatic carbocycles. The van der Waals surface area contributed by atoms with E-state index in [2.05, 4.69) is 16.2 Å². The third-order valence-corrected chi connectivity index (χ3v) is 5.45. The Labute approximate surface area is 166 Å². The third-order valence-electron chi connectivity index (χ3n) is 4.66. The first kappa shape index (κ1) is 18.2. The first-order valence-electron chi connectivity index (χ1n) is 8.80. The number of H-pyrrole nitrogens is 1. The van der Waals surface area contributed by atoms with E-state index in [0.29, 0.717) is 21.3 Å². The van der Waals surface area contributed by atoms with Crippen LogP contribution in [0.2, 0.25) is 10.0 Å². The van der Waals surface area contributed by atoms with Crippen molar-refractivity contribution in [3.63, 3.8) is 0 Å². The van der Waals surface area contributed by atoms with Crippen molar-refractivity contribution in [2.45, 2.75) is 38.5 Å². The van der Waals surface area contributed by atoms with Gasteiger partial charge in [-0.3, -0.25) is 0 Å². The monoisotopic (exact) mass is 404 g/mol. The lowest BCUT2D eigenvalue weighted by atomic mass is 10.1. The van der Waals surface area contributed by atoms with Crippen LogP contribution in [0.4, 0.5) is 0 Å². The minimum absolute atomic E-state index is 0.0370. The lowest BCUT2D eigenvalue weighted by molar-refractivity contribution is -0.0394. The molecule has 2 atom stereocenters. The summed E-state index contributed by atoms with van der Waals surface area (Å²) in [6, 6.07) is 3.71. The molecule has 3 heterocycles. The van der Waals surface area contributed by atoms with Gasteiger partial charge in [0, 0.05) is 36.2 Å². The molecule has 140 valence electrons. The maximum absolute atomic E-state index is 9.11. The fourth-order valence-corrected chi connectivity index (χ4v) is 3.72. The number of ether oxygens (including phenoxy) is 2. The van der Waals surface area contributed by atoms with Crippen molar-refractivity contribution in [3.8, 4) is 22.9 Å². The summed E-state index contributed by atoms with van der Waals surface area (Å²) >= 11 is 12.6. The zero-order valence-electron chi connectivity index (χ0n) is 14.7. The van der Waals surface area contributed by atoms with Crippen LogP contribution in [0, 0.1) is 11.3 Å². The molecule has 4 rings (SSSR count). The van der Waals surface area contributed by atoms with Crippen LogP contribution < -0.4 is 4.74 Å². The second-order valence-electron chi connectivity index (χ2n) is 6.54. The van der Waals surface area contributed by atoms with Crippen molar-refractivity contribution in [2.24, 2.45) is 0 Å². The van der Waals surface area contributed by atoms with E-state index in [9.17, 15) is 0 Å². The molecule has 0 saturated carbocycles. The SMILES string of the molecule is CC(C#N)Oc1cc(Cl)c(Cl)c2[nH]cc(-c3cnn(C4CCCCO4)c3)c12. The number of benzene rings is 1. The van der Waals surface area contributed by atoms with Crippen LogP contribution in [0.25, 0.3) is 22.0 Å². The number of nitriles is 1. The molecule has 1 N–H and O–H groups in total. The second kappa shape index (κ2) is 7.43. The number of rotatable bonds is 4. The van der Waals surface area contributed by atoms with Crippen LogP contribution in [-0.4, -0.2) is 27.5 Å². The molecule has 6 nitrogen and oxygen atoms in total. The van der Waals surface area contributed by atoms with Crippen LogP contribution in [0.5, 0.6) is 5.75 Å². The van der Waals surface area contributed by atoms with E-state index in [4.69, 9.17) is 37.9 Å². The molecule has 0 amide bonds. The smallest absolute Gasteiger partial charge is 0.181 e. The van der Waals surface area contributed by atoms with E-state index in [1.165, 1.54) is 0 Å². The summed E-state index contributed by atoms with van der Waals surface area (Å²) in [5.74, 6) is 0.506. The van der Waals surface area contributed by atoms with Gasteiger partial charge in [0.15, 0.2) is 6.10 Å². The van der Waals surface area contributed by atoms with Gasteiger partial charge in [0.05, 0.1) is 27.1 Å². The number of aromatic nitrogens is 3. The van der Waals surface area contributed by atoms with Crippen LogP contribution in [0.1, 0.15) is 32.4 Å². The molecule has 8 heteroatoms. The molecule has 1 saturated heterocycles. The number of aromatic amines is 1. The number of hydrogen-bond acceptors (Lipinski definition) is 4. The molecule has 1 fully saturated rings. The molecule has 0 spiro atoms. The minimum atomic E-state index is -0.619. The van der Waals surface area contributed by atoms with Gasteiger partial charge in [0.2, 0.25) is 0 Å². The van der Waals surface area contributed by atoms with Gasteiger partial charge in [0.25, 0.3) is 0 Å². The molecule has 0 bridgehead atoms. The maximum atomic E-state index is 9.11. The molecule has 0 radical (unpaired) electrons. The zero-order chi connectivity index (χ0) is 19.0. The van der Waals surface area contributed by atoms with Crippen LogP contribution in [0.3, 0.4) is 0 Å². The summed E-state index contributed by atoms with van der Waals surface area (Å²) < 4.78 is 13.4. The molecule has 2 aromatic heterocycles. The van der Waals surface area contributed by atoms with Crippen molar-refractivity contribution in [3.05, 3.63) is 34.7 Å². The molecule has 3 aromatic rings. The highest BCUT2D eigenvalue weighted by molar-refractivity contribution is 6.45.